The Morgan fingerprint density at radius 3 is 1.65 bits per heavy atom. The summed E-state index contributed by atoms with van der Waals surface area (Å²) in [6.07, 6.45) is -0.142. The van der Waals surface area contributed by atoms with Gasteiger partial charge in [0.15, 0.2) is 24.7 Å². The minimum Gasteiger partial charge on any atom is -0.388 e. The van der Waals surface area contributed by atoms with Gasteiger partial charge in [0.25, 0.3) is 0 Å². The second-order valence-electron chi connectivity index (χ2n) is 13.8. The third kappa shape index (κ3) is 12.4. The molecule has 0 aromatic heterocycles. The van der Waals surface area contributed by atoms with Gasteiger partial charge in [-0.15, -0.1) is 0 Å². The Morgan fingerprint density at radius 2 is 1.08 bits per heavy atom. The van der Waals surface area contributed by atoms with E-state index in [-0.39, 0.29) is 13.2 Å². The average Bonchev–Trinajstić information content (AvgIpc) is 3.08. The molecule has 0 aromatic rings. The summed E-state index contributed by atoms with van der Waals surface area (Å²) in [4.78, 5) is 0. The fourth-order valence-electron chi connectivity index (χ4n) is 6.70. The molecule has 0 aromatic carbocycles. The lowest BCUT2D eigenvalue weighted by Crippen LogP contribution is -2.69. The molecule has 0 radical (unpaired) electrons. The Hall–Kier alpha value is -0.730. The van der Waals surface area contributed by atoms with Crippen molar-refractivity contribution in [3.8, 4) is 0 Å². The molecule has 15 heteroatoms. The summed E-state index contributed by atoms with van der Waals surface area (Å²) in [5, 5.41) is 53.6. The number of nitrogens with two attached hydrogens (primary N) is 4. The number of aliphatic hydroxyl groups excluding tert-OH is 5. The van der Waals surface area contributed by atoms with Gasteiger partial charge < -0.3 is 65.4 Å². The molecule has 2 saturated heterocycles. The van der Waals surface area contributed by atoms with Gasteiger partial charge >= 0.3 is 0 Å². The summed E-state index contributed by atoms with van der Waals surface area (Å²) < 4.78 is 36.0. The summed E-state index contributed by atoms with van der Waals surface area (Å²) >= 11 is 0. The van der Waals surface area contributed by atoms with Crippen LogP contribution in [-0.4, -0.2) is 144 Å². The second kappa shape index (κ2) is 22.4. The molecule has 3 fully saturated rings. The smallest absolute Gasteiger partial charge is 0.187 e. The van der Waals surface area contributed by atoms with Crippen LogP contribution in [0.15, 0.2) is 0 Å². The minimum absolute atomic E-state index is 0.155. The Morgan fingerprint density at radius 1 is 0.571 bits per heavy atom. The van der Waals surface area contributed by atoms with Gasteiger partial charge in [-0.25, -0.2) is 0 Å². The summed E-state index contributed by atoms with van der Waals surface area (Å²) in [7, 11) is 0. The van der Waals surface area contributed by atoms with Crippen LogP contribution in [0.5, 0.6) is 0 Å². The van der Waals surface area contributed by atoms with E-state index in [0.717, 1.165) is 38.5 Å². The Labute approximate surface area is 292 Å². The van der Waals surface area contributed by atoms with Gasteiger partial charge in [0.05, 0.1) is 12.6 Å². The van der Waals surface area contributed by atoms with E-state index in [1.54, 1.807) is 0 Å². The first-order chi connectivity index (χ1) is 23.5. The van der Waals surface area contributed by atoms with Gasteiger partial charge in [-0.3, -0.25) is 11.5 Å². The molecule has 15 nitrogen and oxygen atoms in total. The highest BCUT2D eigenvalue weighted by molar-refractivity contribution is 5.10. The van der Waals surface area contributed by atoms with Crippen molar-refractivity contribution in [2.24, 2.45) is 22.9 Å². The second-order valence-corrected chi connectivity index (χ2v) is 13.8. The molecule has 0 bridgehead atoms. The van der Waals surface area contributed by atoms with Crippen molar-refractivity contribution in [1.82, 2.24) is 0 Å². The van der Waals surface area contributed by atoms with Crippen molar-refractivity contribution in [3.05, 3.63) is 6.42 Å². The largest absolute Gasteiger partial charge is 0.388 e. The molecule has 1 aliphatic carbocycles. The van der Waals surface area contributed by atoms with E-state index >= 15 is 0 Å². The van der Waals surface area contributed by atoms with Gasteiger partial charge in [0, 0.05) is 19.8 Å². The fourth-order valence-corrected chi connectivity index (χ4v) is 6.70. The molecule has 15 atom stereocenters. The monoisotopic (exact) mass is 707 g/mol. The van der Waals surface area contributed by atoms with Crippen LogP contribution >= 0.6 is 0 Å². The van der Waals surface area contributed by atoms with E-state index in [1.165, 1.54) is 44.9 Å². The lowest BCUT2D eigenvalue weighted by molar-refractivity contribution is -0.331. The van der Waals surface area contributed by atoms with Crippen molar-refractivity contribution < 1.29 is 54.0 Å². The van der Waals surface area contributed by atoms with E-state index in [1.807, 2.05) is 0 Å². The first-order valence-electron chi connectivity index (χ1n) is 18.6. The van der Waals surface area contributed by atoms with E-state index in [0.29, 0.717) is 13.2 Å². The van der Waals surface area contributed by atoms with Crippen molar-refractivity contribution in [2.75, 3.05) is 26.4 Å². The van der Waals surface area contributed by atoms with Crippen LogP contribution in [0, 0.1) is 6.42 Å². The third-order valence-corrected chi connectivity index (χ3v) is 9.82. The highest BCUT2D eigenvalue weighted by atomic mass is 16.7. The SMILES string of the molecule is CCCCCCCCOC[C@H]1OC(O[C@@H]2C(N)[CH+]C(N)C(O[C@H]3OC(CN)[C@@H](O)[C@H](O)C3O)[C@@H]2O)[C@H](O)[C@H](N)C1OCCCCCCCC. The topological polar surface area (TPSA) is 261 Å². The van der Waals surface area contributed by atoms with Gasteiger partial charge in [0.1, 0.15) is 67.5 Å². The van der Waals surface area contributed by atoms with E-state index in [9.17, 15) is 25.5 Å². The molecular formula is C34H67N4O11+. The van der Waals surface area contributed by atoms with Gasteiger partial charge in [0.2, 0.25) is 0 Å². The van der Waals surface area contributed by atoms with Crippen LogP contribution in [0.3, 0.4) is 0 Å². The van der Waals surface area contributed by atoms with Gasteiger partial charge in [-0.1, -0.05) is 78.1 Å². The van der Waals surface area contributed by atoms with Gasteiger partial charge in [-0.2, -0.15) is 0 Å². The molecule has 13 N–H and O–H groups in total. The van der Waals surface area contributed by atoms with Gasteiger partial charge in [-0.05, 0) is 12.8 Å². The zero-order chi connectivity index (χ0) is 35.9. The zero-order valence-corrected chi connectivity index (χ0v) is 29.5. The quantitative estimate of drug-likeness (QED) is 0.0497. The zero-order valence-electron chi connectivity index (χ0n) is 29.5. The Bertz CT molecular complexity index is 882. The molecule has 3 aliphatic rings. The molecule has 1 saturated carbocycles. The molecule has 2 heterocycles. The van der Waals surface area contributed by atoms with Crippen LogP contribution in [0.4, 0.5) is 0 Å². The maximum atomic E-state index is 11.4. The molecular weight excluding hydrogens is 640 g/mol. The van der Waals surface area contributed by atoms with Crippen molar-refractivity contribution >= 4 is 0 Å². The first-order valence-corrected chi connectivity index (χ1v) is 18.6. The highest BCUT2D eigenvalue weighted by Gasteiger charge is 2.55. The maximum Gasteiger partial charge on any atom is 0.187 e. The number of unbranched alkanes of at least 4 members (excludes halogenated alkanes) is 10. The van der Waals surface area contributed by atoms with E-state index in [2.05, 4.69) is 13.8 Å². The number of ether oxygens (including phenoxy) is 6. The number of rotatable bonds is 22. The summed E-state index contributed by atoms with van der Waals surface area (Å²) in [5.41, 5.74) is 24.8. The minimum atomic E-state index is -1.65. The van der Waals surface area contributed by atoms with Crippen LogP contribution in [-0.2, 0) is 28.4 Å². The maximum absolute atomic E-state index is 11.4. The van der Waals surface area contributed by atoms with Crippen molar-refractivity contribution in [2.45, 2.75) is 183 Å². The molecule has 7 unspecified atom stereocenters. The number of hydrogen-bond acceptors (Lipinski definition) is 15. The van der Waals surface area contributed by atoms with Crippen molar-refractivity contribution in [3.63, 3.8) is 0 Å². The van der Waals surface area contributed by atoms with E-state index < -0.39 is 91.7 Å². The predicted molar refractivity (Wildman–Crippen MR) is 182 cm³/mol. The number of aliphatic hydroxyl groups is 5. The lowest BCUT2D eigenvalue weighted by Gasteiger charge is -2.46. The van der Waals surface area contributed by atoms with Crippen LogP contribution in [0.1, 0.15) is 90.9 Å². The summed E-state index contributed by atoms with van der Waals surface area (Å²) in [6, 6.07) is -2.71. The molecule has 288 valence electrons. The molecule has 3 rings (SSSR count). The third-order valence-electron chi connectivity index (χ3n) is 9.82. The first kappa shape index (κ1) is 42.7. The molecule has 49 heavy (non-hydrogen) atoms. The average molecular weight is 708 g/mol. The Kier molecular flexibility index (Phi) is 19.5. The lowest BCUT2D eigenvalue weighted by atomic mass is 9.84. The summed E-state index contributed by atoms with van der Waals surface area (Å²) in [6.45, 7) is 5.39. The Balaban J connectivity index is 1.65. The van der Waals surface area contributed by atoms with Crippen LogP contribution < -0.4 is 22.9 Å². The molecule has 0 amide bonds. The molecule has 0 spiro atoms. The molecule has 2 aliphatic heterocycles. The standard InChI is InChI=1S/C34H67N4O11/c1-3-5-7-9-11-13-15-44-19-23-32(45-16-14-12-10-8-6-4-2)24(38)26(40)33(47-23)48-30-20(36)17-21(37)31(29(30)43)49-34-28(42)27(41)25(39)22(18-35)46-34/h17,20-34,39-43H,3-16,18-19,35-38H2,1-2H3/q+1/t20?,21?,22?,23-,24+,25-,26-,27+,28?,29-,30-,31?,32?,33?,34-/m1/s1. The summed E-state index contributed by atoms with van der Waals surface area (Å²) in [5.74, 6) is 0. The number of hydrogen-bond donors (Lipinski definition) is 9. The van der Waals surface area contributed by atoms with Crippen LogP contribution in [0.25, 0.3) is 0 Å². The van der Waals surface area contributed by atoms with Crippen LogP contribution in [0.2, 0.25) is 0 Å². The van der Waals surface area contributed by atoms with E-state index in [4.69, 9.17) is 51.4 Å². The fraction of sp³-hybridized carbons (Fsp3) is 0.971. The van der Waals surface area contributed by atoms with Crippen molar-refractivity contribution in [1.29, 1.82) is 0 Å². The highest BCUT2D eigenvalue weighted by Crippen LogP contribution is 2.32. The predicted octanol–water partition coefficient (Wildman–Crippen LogP) is -0.708. The normalized spacial score (nSPS) is 39.9.